The van der Waals surface area contributed by atoms with Crippen molar-refractivity contribution in [2.24, 2.45) is 5.73 Å². The van der Waals surface area contributed by atoms with Crippen LogP contribution in [0.4, 0.5) is 0 Å². The molecule has 0 saturated heterocycles. The number of phenols is 1. The number of hydrogen-bond acceptors (Lipinski definition) is 4. The highest BCUT2D eigenvalue weighted by Gasteiger charge is 2.10. The number of para-hydroxylation sites is 1. The minimum absolute atomic E-state index is 0.0744. The second-order valence-electron chi connectivity index (χ2n) is 3.85. The van der Waals surface area contributed by atoms with E-state index in [1.807, 2.05) is 0 Å². The highest BCUT2D eigenvalue weighted by Crippen LogP contribution is 2.14. The van der Waals surface area contributed by atoms with Gasteiger partial charge in [-0.05, 0) is 19.1 Å². The van der Waals surface area contributed by atoms with Crippen molar-refractivity contribution in [3.63, 3.8) is 0 Å². The van der Waals surface area contributed by atoms with Crippen molar-refractivity contribution < 1.29 is 14.7 Å². The van der Waals surface area contributed by atoms with Gasteiger partial charge >= 0.3 is 0 Å². The summed E-state index contributed by atoms with van der Waals surface area (Å²) in [6, 6.07) is 5.68. The molecule has 0 radical (unpaired) electrons. The highest BCUT2D eigenvalue weighted by molar-refractivity contribution is 5.96. The lowest BCUT2D eigenvalue weighted by atomic mass is 10.2. The molecule has 5 N–H and O–H groups in total. The number of hydrogen-bond donors (Lipinski definition) is 4. The zero-order valence-corrected chi connectivity index (χ0v) is 10.1. The summed E-state index contributed by atoms with van der Waals surface area (Å²) in [5.74, 6) is -0.732. The van der Waals surface area contributed by atoms with E-state index in [0.717, 1.165) is 0 Å². The van der Waals surface area contributed by atoms with Crippen molar-refractivity contribution >= 4 is 11.8 Å². The van der Waals surface area contributed by atoms with Gasteiger partial charge in [-0.25, -0.2) is 0 Å². The van der Waals surface area contributed by atoms with E-state index >= 15 is 0 Å². The number of nitrogens with one attached hydrogen (secondary N) is 2. The molecule has 0 spiro atoms. The third-order valence-corrected chi connectivity index (χ3v) is 2.27. The Morgan fingerprint density at radius 2 is 1.89 bits per heavy atom. The first-order valence-electron chi connectivity index (χ1n) is 5.62. The fourth-order valence-corrected chi connectivity index (χ4v) is 1.28. The molecule has 2 amide bonds. The standard InChI is InChI=1S/C12H17N3O3/c1-8(13)11(17)14-6-7-15-12(18)9-4-2-3-5-10(9)16/h2-5,8,16H,6-7,13H2,1H3,(H,14,17)(H,15,18). The number of nitrogens with two attached hydrogens (primary N) is 1. The fraction of sp³-hybridized carbons (Fsp3) is 0.333. The summed E-state index contributed by atoms with van der Waals surface area (Å²) in [4.78, 5) is 22.8. The SMILES string of the molecule is CC(N)C(=O)NCCNC(=O)c1ccccc1O. The molecular weight excluding hydrogens is 234 g/mol. The minimum atomic E-state index is -0.570. The lowest BCUT2D eigenvalue weighted by molar-refractivity contribution is -0.121. The van der Waals surface area contributed by atoms with Crippen LogP contribution in [0.25, 0.3) is 0 Å². The second-order valence-corrected chi connectivity index (χ2v) is 3.85. The molecule has 0 aromatic heterocycles. The topological polar surface area (TPSA) is 104 Å². The highest BCUT2D eigenvalue weighted by atomic mass is 16.3. The van der Waals surface area contributed by atoms with Crippen LogP contribution in [-0.4, -0.2) is 36.1 Å². The van der Waals surface area contributed by atoms with E-state index in [0.29, 0.717) is 6.54 Å². The van der Waals surface area contributed by atoms with Gasteiger partial charge in [0.15, 0.2) is 0 Å². The van der Waals surface area contributed by atoms with Crippen molar-refractivity contribution in [1.82, 2.24) is 10.6 Å². The van der Waals surface area contributed by atoms with E-state index in [-0.39, 0.29) is 29.7 Å². The quantitative estimate of drug-likeness (QED) is 0.534. The second kappa shape index (κ2) is 6.61. The van der Waals surface area contributed by atoms with Crippen LogP contribution >= 0.6 is 0 Å². The summed E-state index contributed by atoms with van der Waals surface area (Å²) >= 11 is 0. The first-order chi connectivity index (χ1) is 8.52. The van der Waals surface area contributed by atoms with Crippen LogP contribution < -0.4 is 16.4 Å². The molecule has 0 aliphatic rings. The van der Waals surface area contributed by atoms with E-state index in [2.05, 4.69) is 10.6 Å². The molecule has 1 aromatic rings. The maximum atomic E-state index is 11.6. The molecule has 0 fully saturated rings. The van der Waals surface area contributed by atoms with Gasteiger partial charge in [0, 0.05) is 13.1 Å². The Bertz CT molecular complexity index is 432. The van der Waals surface area contributed by atoms with E-state index in [1.165, 1.54) is 12.1 Å². The molecule has 98 valence electrons. The maximum absolute atomic E-state index is 11.6. The molecule has 1 unspecified atom stereocenters. The number of benzene rings is 1. The number of aromatic hydroxyl groups is 1. The Balaban J connectivity index is 2.35. The van der Waals surface area contributed by atoms with Gasteiger partial charge in [-0.2, -0.15) is 0 Å². The fourth-order valence-electron chi connectivity index (χ4n) is 1.28. The number of amides is 2. The van der Waals surface area contributed by atoms with Crippen LogP contribution in [0.3, 0.4) is 0 Å². The summed E-state index contributed by atoms with van der Waals surface area (Å²) in [5, 5.41) is 14.6. The average Bonchev–Trinajstić information content (AvgIpc) is 2.34. The van der Waals surface area contributed by atoms with Gasteiger partial charge in [-0.15, -0.1) is 0 Å². The van der Waals surface area contributed by atoms with Crippen LogP contribution in [0.5, 0.6) is 5.75 Å². The van der Waals surface area contributed by atoms with Crippen molar-refractivity contribution in [2.45, 2.75) is 13.0 Å². The zero-order valence-electron chi connectivity index (χ0n) is 10.1. The first kappa shape index (κ1) is 14.0. The summed E-state index contributed by atoms with van der Waals surface area (Å²) in [6.45, 7) is 2.14. The van der Waals surface area contributed by atoms with E-state index < -0.39 is 6.04 Å². The predicted molar refractivity (Wildman–Crippen MR) is 67.1 cm³/mol. The lowest BCUT2D eigenvalue weighted by Crippen LogP contribution is -2.42. The lowest BCUT2D eigenvalue weighted by Gasteiger charge is -2.09. The molecule has 0 aliphatic carbocycles. The molecule has 6 nitrogen and oxygen atoms in total. The first-order valence-corrected chi connectivity index (χ1v) is 5.62. The molecular formula is C12H17N3O3. The average molecular weight is 251 g/mol. The van der Waals surface area contributed by atoms with E-state index in [1.54, 1.807) is 19.1 Å². The van der Waals surface area contributed by atoms with E-state index in [9.17, 15) is 14.7 Å². The van der Waals surface area contributed by atoms with E-state index in [4.69, 9.17) is 5.73 Å². The third-order valence-electron chi connectivity index (χ3n) is 2.27. The van der Waals surface area contributed by atoms with Gasteiger partial charge in [0.25, 0.3) is 5.91 Å². The predicted octanol–water partition coefficient (Wildman–Crippen LogP) is -0.415. The molecule has 18 heavy (non-hydrogen) atoms. The molecule has 1 atom stereocenters. The number of phenolic OH excluding ortho intramolecular Hbond substituents is 1. The summed E-state index contributed by atoms with van der Waals surface area (Å²) in [5.41, 5.74) is 5.56. The van der Waals surface area contributed by atoms with Crippen molar-refractivity contribution in [1.29, 1.82) is 0 Å². The van der Waals surface area contributed by atoms with Gasteiger partial charge in [0.2, 0.25) is 5.91 Å². The van der Waals surface area contributed by atoms with Crippen LogP contribution in [-0.2, 0) is 4.79 Å². The normalized spacial score (nSPS) is 11.7. The van der Waals surface area contributed by atoms with Gasteiger partial charge < -0.3 is 21.5 Å². The number of carbonyl (C=O) groups excluding carboxylic acids is 2. The summed E-state index contributed by atoms with van der Waals surface area (Å²) in [6.07, 6.45) is 0. The van der Waals surface area contributed by atoms with Gasteiger partial charge in [0.1, 0.15) is 5.75 Å². The Morgan fingerprint density at radius 1 is 1.28 bits per heavy atom. The molecule has 0 heterocycles. The molecule has 0 saturated carbocycles. The van der Waals surface area contributed by atoms with Crippen molar-refractivity contribution in [3.05, 3.63) is 29.8 Å². The Hall–Kier alpha value is -2.08. The largest absolute Gasteiger partial charge is 0.507 e. The van der Waals surface area contributed by atoms with Gasteiger partial charge in [-0.3, -0.25) is 9.59 Å². The zero-order chi connectivity index (χ0) is 13.5. The van der Waals surface area contributed by atoms with Crippen molar-refractivity contribution in [2.75, 3.05) is 13.1 Å². The molecule has 0 aliphatic heterocycles. The van der Waals surface area contributed by atoms with Crippen LogP contribution in [0.1, 0.15) is 17.3 Å². The maximum Gasteiger partial charge on any atom is 0.255 e. The molecule has 0 bridgehead atoms. The van der Waals surface area contributed by atoms with Gasteiger partial charge in [-0.1, -0.05) is 12.1 Å². The van der Waals surface area contributed by atoms with Crippen molar-refractivity contribution in [3.8, 4) is 5.75 Å². The molecule has 6 heteroatoms. The monoisotopic (exact) mass is 251 g/mol. The van der Waals surface area contributed by atoms with Crippen LogP contribution in [0.15, 0.2) is 24.3 Å². The minimum Gasteiger partial charge on any atom is -0.507 e. The third kappa shape index (κ3) is 4.06. The van der Waals surface area contributed by atoms with Crippen LogP contribution in [0.2, 0.25) is 0 Å². The van der Waals surface area contributed by atoms with Gasteiger partial charge in [0.05, 0.1) is 11.6 Å². The Labute approximate surface area is 105 Å². The Kier molecular flexibility index (Phi) is 5.13. The summed E-state index contributed by atoms with van der Waals surface area (Å²) in [7, 11) is 0. The number of rotatable bonds is 5. The Morgan fingerprint density at radius 3 is 2.50 bits per heavy atom. The van der Waals surface area contributed by atoms with Crippen LogP contribution in [0, 0.1) is 0 Å². The molecule has 1 rings (SSSR count). The smallest absolute Gasteiger partial charge is 0.255 e. The number of carbonyl (C=O) groups is 2. The molecule has 1 aromatic carbocycles. The summed E-state index contributed by atoms with van der Waals surface area (Å²) < 4.78 is 0.